The molecule has 2 aliphatic rings. The van der Waals surface area contributed by atoms with E-state index in [2.05, 4.69) is 6.92 Å². The van der Waals surface area contributed by atoms with E-state index in [-0.39, 0.29) is 23.5 Å². The second-order valence-electron chi connectivity index (χ2n) is 5.70. The van der Waals surface area contributed by atoms with Crippen molar-refractivity contribution in [2.24, 2.45) is 0 Å². The van der Waals surface area contributed by atoms with Crippen LogP contribution in [0.1, 0.15) is 24.5 Å². The van der Waals surface area contributed by atoms with Crippen LogP contribution < -0.4 is 0 Å². The van der Waals surface area contributed by atoms with Crippen LogP contribution in [0.2, 0.25) is 0 Å². The molecule has 0 aromatic heterocycles. The van der Waals surface area contributed by atoms with Crippen molar-refractivity contribution in [1.29, 1.82) is 0 Å². The molecular weight excluding hydrogens is 350 g/mol. The Balaban J connectivity index is 1.81. The average Bonchev–Trinajstić information content (AvgIpc) is 2.99. The Morgan fingerprint density at radius 1 is 1.35 bits per heavy atom. The highest BCUT2D eigenvalue weighted by molar-refractivity contribution is 8.26. The van der Waals surface area contributed by atoms with Crippen molar-refractivity contribution in [2.45, 2.75) is 25.8 Å². The third-order valence-corrected chi connectivity index (χ3v) is 7.16. The zero-order chi connectivity index (χ0) is 16.6. The van der Waals surface area contributed by atoms with Gasteiger partial charge in [0.15, 0.2) is 9.84 Å². The van der Waals surface area contributed by atoms with Gasteiger partial charge in [-0.05, 0) is 30.0 Å². The molecule has 1 amide bonds. The Labute approximate surface area is 145 Å². The van der Waals surface area contributed by atoms with Crippen LogP contribution in [0, 0.1) is 0 Å². The fourth-order valence-corrected chi connectivity index (χ4v) is 5.87. The topological polar surface area (TPSA) is 54.5 Å². The second kappa shape index (κ2) is 6.37. The van der Waals surface area contributed by atoms with Gasteiger partial charge in [0.1, 0.15) is 4.32 Å². The molecule has 0 saturated carbocycles. The minimum absolute atomic E-state index is 0.0118. The van der Waals surface area contributed by atoms with E-state index in [1.54, 1.807) is 0 Å². The van der Waals surface area contributed by atoms with Crippen LogP contribution in [-0.4, -0.2) is 41.1 Å². The number of sulfone groups is 1. The van der Waals surface area contributed by atoms with Crippen molar-refractivity contribution >= 4 is 50.1 Å². The van der Waals surface area contributed by atoms with E-state index in [4.69, 9.17) is 12.2 Å². The average molecular weight is 368 g/mol. The van der Waals surface area contributed by atoms with Gasteiger partial charge in [0, 0.05) is 0 Å². The van der Waals surface area contributed by atoms with Crippen LogP contribution in [0.3, 0.4) is 0 Å². The molecule has 0 radical (unpaired) electrons. The predicted molar refractivity (Wildman–Crippen MR) is 97.9 cm³/mol. The van der Waals surface area contributed by atoms with E-state index in [0.717, 1.165) is 12.0 Å². The smallest absolute Gasteiger partial charge is 0.266 e. The summed E-state index contributed by atoms with van der Waals surface area (Å²) in [6.45, 7) is 2.09. The maximum Gasteiger partial charge on any atom is 0.266 e. The Hall–Kier alpha value is -1.18. The number of nitrogens with zero attached hydrogens (tertiary/aromatic N) is 1. The van der Waals surface area contributed by atoms with Gasteiger partial charge in [-0.2, -0.15) is 0 Å². The minimum atomic E-state index is -3.05. The fourth-order valence-electron chi connectivity index (χ4n) is 2.77. The molecule has 2 aliphatic heterocycles. The summed E-state index contributed by atoms with van der Waals surface area (Å²) in [7, 11) is -3.05. The molecule has 2 heterocycles. The van der Waals surface area contributed by atoms with Gasteiger partial charge in [-0.1, -0.05) is 55.2 Å². The number of thiocarbonyl (C=S) groups is 1. The summed E-state index contributed by atoms with van der Waals surface area (Å²) in [5.41, 5.74) is 2.19. The van der Waals surface area contributed by atoms with Gasteiger partial charge in [0.2, 0.25) is 0 Å². The molecule has 1 unspecified atom stereocenters. The van der Waals surface area contributed by atoms with Gasteiger partial charge in [0.25, 0.3) is 5.91 Å². The molecule has 1 aromatic rings. The van der Waals surface area contributed by atoms with E-state index in [9.17, 15) is 13.2 Å². The third kappa shape index (κ3) is 3.51. The first kappa shape index (κ1) is 16.7. The number of hydrogen-bond acceptors (Lipinski definition) is 5. The van der Waals surface area contributed by atoms with E-state index in [1.807, 2.05) is 30.3 Å². The molecule has 0 spiro atoms. The highest BCUT2D eigenvalue weighted by Crippen LogP contribution is 2.36. The van der Waals surface area contributed by atoms with E-state index in [0.29, 0.717) is 15.6 Å². The monoisotopic (exact) mass is 367 g/mol. The van der Waals surface area contributed by atoms with Crippen molar-refractivity contribution in [3.63, 3.8) is 0 Å². The first-order chi connectivity index (χ1) is 10.9. The molecule has 122 valence electrons. The first-order valence-electron chi connectivity index (χ1n) is 7.46. The van der Waals surface area contributed by atoms with Crippen molar-refractivity contribution in [2.75, 3.05) is 11.5 Å². The Morgan fingerprint density at radius 2 is 2.04 bits per heavy atom. The van der Waals surface area contributed by atoms with Crippen LogP contribution in [0.15, 0.2) is 29.2 Å². The summed E-state index contributed by atoms with van der Waals surface area (Å²) in [4.78, 5) is 14.6. The van der Waals surface area contributed by atoms with Gasteiger partial charge >= 0.3 is 0 Å². The fraction of sp³-hybridized carbons (Fsp3) is 0.375. The zero-order valence-corrected chi connectivity index (χ0v) is 15.1. The lowest BCUT2D eigenvalue weighted by molar-refractivity contribution is -0.123. The molecule has 2 fully saturated rings. The molecule has 0 bridgehead atoms. The van der Waals surface area contributed by atoms with Gasteiger partial charge in [-0.3, -0.25) is 9.69 Å². The summed E-state index contributed by atoms with van der Waals surface area (Å²) >= 11 is 6.54. The SMILES string of the molecule is CCc1ccc(C=C2SC(=S)N(C3CCS(=O)(=O)C3)C2=O)cc1. The van der Waals surface area contributed by atoms with Crippen LogP contribution in [0.5, 0.6) is 0 Å². The van der Waals surface area contributed by atoms with Gasteiger partial charge in [0.05, 0.1) is 22.5 Å². The number of benzene rings is 1. The number of rotatable bonds is 3. The molecular formula is C16H17NO3S3. The zero-order valence-electron chi connectivity index (χ0n) is 12.7. The molecule has 23 heavy (non-hydrogen) atoms. The van der Waals surface area contributed by atoms with E-state index >= 15 is 0 Å². The number of thioether (sulfide) groups is 1. The van der Waals surface area contributed by atoms with Crippen LogP contribution >= 0.6 is 24.0 Å². The molecule has 0 aliphatic carbocycles. The Bertz CT molecular complexity index is 781. The number of carbonyl (C=O) groups is 1. The maximum atomic E-state index is 12.6. The largest absolute Gasteiger partial charge is 0.289 e. The summed E-state index contributed by atoms with van der Waals surface area (Å²) in [6.07, 6.45) is 3.26. The first-order valence-corrected chi connectivity index (χ1v) is 10.5. The highest BCUT2D eigenvalue weighted by Gasteiger charge is 2.42. The lowest BCUT2D eigenvalue weighted by Gasteiger charge is -2.20. The van der Waals surface area contributed by atoms with E-state index in [1.165, 1.54) is 22.2 Å². The summed E-state index contributed by atoms with van der Waals surface area (Å²) in [5.74, 6) is -0.0360. The molecule has 7 heteroatoms. The number of hydrogen-bond donors (Lipinski definition) is 0. The number of carbonyl (C=O) groups excluding carboxylic acids is 1. The van der Waals surface area contributed by atoms with Gasteiger partial charge < -0.3 is 0 Å². The lowest BCUT2D eigenvalue weighted by atomic mass is 10.1. The molecule has 1 atom stereocenters. The third-order valence-electron chi connectivity index (χ3n) is 4.08. The number of aryl methyl sites for hydroxylation is 1. The summed E-state index contributed by atoms with van der Waals surface area (Å²) in [5, 5.41) is 0. The second-order valence-corrected chi connectivity index (χ2v) is 9.61. The Kier molecular flexibility index (Phi) is 4.62. The summed E-state index contributed by atoms with van der Waals surface area (Å²) < 4.78 is 23.7. The molecule has 2 saturated heterocycles. The lowest BCUT2D eigenvalue weighted by Crippen LogP contribution is -2.39. The van der Waals surface area contributed by atoms with Crippen molar-refractivity contribution in [3.8, 4) is 0 Å². The van der Waals surface area contributed by atoms with Crippen molar-refractivity contribution in [3.05, 3.63) is 40.3 Å². The predicted octanol–water partition coefficient (Wildman–Crippen LogP) is 2.64. The van der Waals surface area contributed by atoms with Crippen LogP contribution in [-0.2, 0) is 21.1 Å². The van der Waals surface area contributed by atoms with Crippen LogP contribution in [0.4, 0.5) is 0 Å². The maximum absolute atomic E-state index is 12.6. The van der Waals surface area contributed by atoms with Crippen LogP contribution in [0.25, 0.3) is 6.08 Å². The van der Waals surface area contributed by atoms with Gasteiger partial charge in [-0.15, -0.1) is 0 Å². The quantitative estimate of drug-likeness (QED) is 0.607. The van der Waals surface area contributed by atoms with E-state index < -0.39 is 9.84 Å². The molecule has 4 nitrogen and oxygen atoms in total. The Morgan fingerprint density at radius 3 is 2.61 bits per heavy atom. The van der Waals surface area contributed by atoms with Crippen molar-refractivity contribution in [1.82, 2.24) is 4.90 Å². The van der Waals surface area contributed by atoms with Gasteiger partial charge in [-0.25, -0.2) is 8.42 Å². The standard InChI is InChI=1S/C16H17NO3S3/c1-2-11-3-5-12(6-4-11)9-14-15(18)17(16(21)22-14)13-7-8-23(19,20)10-13/h3-6,9,13H,2,7-8,10H2,1H3. The van der Waals surface area contributed by atoms with Crippen molar-refractivity contribution < 1.29 is 13.2 Å². The summed E-state index contributed by atoms with van der Waals surface area (Å²) in [6, 6.07) is 7.71. The molecule has 1 aromatic carbocycles. The molecule has 0 N–H and O–H groups in total. The normalized spacial score (nSPS) is 25.5. The molecule has 3 rings (SSSR count). The minimum Gasteiger partial charge on any atom is -0.289 e. The number of amides is 1. The highest BCUT2D eigenvalue weighted by atomic mass is 32.2.